The van der Waals surface area contributed by atoms with Gasteiger partial charge in [-0.2, -0.15) is 0 Å². The van der Waals surface area contributed by atoms with E-state index >= 15 is 0 Å². The van der Waals surface area contributed by atoms with E-state index in [1.807, 2.05) is 43.5 Å². The number of carbonyl (C=O) groups is 1. The molecule has 0 amide bonds. The number of benzene rings is 3. The summed E-state index contributed by atoms with van der Waals surface area (Å²) in [5.41, 5.74) is 6.05. The molecular weight excluding hydrogens is 398 g/mol. The van der Waals surface area contributed by atoms with E-state index in [4.69, 9.17) is 26.1 Å². The molecule has 0 saturated heterocycles. The van der Waals surface area contributed by atoms with Crippen molar-refractivity contribution >= 4 is 39.2 Å². The SMILES string of the molecule is COC(=O)Cc1c(C)cc2cc(Cl)ccc2c1-c1ccc2c3c(ccnc13)CCO2. The Hall–Kier alpha value is -3.11. The summed E-state index contributed by atoms with van der Waals surface area (Å²) in [5.74, 6) is 0.587. The van der Waals surface area contributed by atoms with Crippen molar-refractivity contribution < 1.29 is 14.3 Å². The first-order chi connectivity index (χ1) is 14.6. The third-order valence-corrected chi connectivity index (χ3v) is 6.06. The molecule has 0 aliphatic carbocycles. The van der Waals surface area contributed by atoms with Crippen LogP contribution >= 0.6 is 11.6 Å². The lowest BCUT2D eigenvalue weighted by Gasteiger charge is -2.22. The number of aryl methyl sites for hydroxylation is 1. The quantitative estimate of drug-likeness (QED) is 0.403. The molecule has 2 heterocycles. The van der Waals surface area contributed by atoms with Crippen molar-refractivity contribution in [2.24, 2.45) is 0 Å². The van der Waals surface area contributed by atoms with E-state index < -0.39 is 0 Å². The minimum atomic E-state index is -0.272. The summed E-state index contributed by atoms with van der Waals surface area (Å²) in [6.45, 7) is 2.69. The number of esters is 1. The fourth-order valence-electron chi connectivity index (χ4n) is 4.42. The maximum Gasteiger partial charge on any atom is 0.310 e. The third-order valence-electron chi connectivity index (χ3n) is 5.82. The van der Waals surface area contributed by atoms with Crippen LogP contribution in [0.25, 0.3) is 32.8 Å². The van der Waals surface area contributed by atoms with Crippen molar-refractivity contribution in [1.82, 2.24) is 4.98 Å². The largest absolute Gasteiger partial charge is 0.493 e. The van der Waals surface area contributed by atoms with Crippen LogP contribution in [-0.2, 0) is 22.4 Å². The van der Waals surface area contributed by atoms with E-state index in [0.717, 1.165) is 56.1 Å². The van der Waals surface area contributed by atoms with Crippen LogP contribution < -0.4 is 4.74 Å². The van der Waals surface area contributed by atoms with Gasteiger partial charge in [-0.15, -0.1) is 0 Å². The number of nitrogens with zero attached hydrogens (tertiary/aromatic N) is 1. The number of rotatable bonds is 3. The van der Waals surface area contributed by atoms with Gasteiger partial charge in [-0.25, -0.2) is 0 Å². The molecule has 0 fully saturated rings. The monoisotopic (exact) mass is 417 g/mol. The lowest BCUT2D eigenvalue weighted by atomic mass is 9.87. The Morgan fingerprint density at radius 1 is 1.20 bits per heavy atom. The Bertz CT molecular complexity index is 1320. The van der Waals surface area contributed by atoms with E-state index in [2.05, 4.69) is 12.1 Å². The van der Waals surface area contributed by atoms with Crippen molar-refractivity contribution in [3.63, 3.8) is 0 Å². The van der Waals surface area contributed by atoms with Crippen LogP contribution in [-0.4, -0.2) is 24.7 Å². The number of hydrogen-bond acceptors (Lipinski definition) is 4. The number of carbonyl (C=O) groups excluding carboxylic acids is 1. The van der Waals surface area contributed by atoms with Crippen LogP contribution in [0.2, 0.25) is 5.02 Å². The summed E-state index contributed by atoms with van der Waals surface area (Å²) < 4.78 is 10.9. The maximum absolute atomic E-state index is 12.3. The van der Waals surface area contributed by atoms with Gasteiger partial charge in [0.05, 0.1) is 25.7 Å². The second-order valence-electron chi connectivity index (χ2n) is 7.57. The smallest absolute Gasteiger partial charge is 0.310 e. The highest BCUT2D eigenvalue weighted by molar-refractivity contribution is 6.31. The number of hydrogen-bond donors (Lipinski definition) is 0. The highest BCUT2D eigenvalue weighted by Gasteiger charge is 2.22. The number of ether oxygens (including phenoxy) is 2. The van der Waals surface area contributed by atoms with Gasteiger partial charge in [0.15, 0.2) is 0 Å². The number of aromatic nitrogens is 1. The summed E-state index contributed by atoms with van der Waals surface area (Å²) in [5, 5.41) is 3.79. The van der Waals surface area contributed by atoms with E-state index in [0.29, 0.717) is 11.6 Å². The molecule has 1 aromatic heterocycles. The normalized spacial score (nSPS) is 12.8. The van der Waals surface area contributed by atoms with Crippen molar-refractivity contribution in [3.8, 4) is 16.9 Å². The number of fused-ring (bicyclic) bond motifs is 1. The molecule has 4 nitrogen and oxygen atoms in total. The van der Waals surface area contributed by atoms with E-state index in [1.165, 1.54) is 12.7 Å². The molecule has 0 N–H and O–H groups in total. The average molecular weight is 418 g/mol. The molecule has 4 aromatic rings. The van der Waals surface area contributed by atoms with Gasteiger partial charge in [-0.1, -0.05) is 23.7 Å². The molecule has 5 rings (SSSR count). The zero-order valence-electron chi connectivity index (χ0n) is 16.8. The highest BCUT2D eigenvalue weighted by atomic mass is 35.5. The van der Waals surface area contributed by atoms with Crippen LogP contribution in [0.1, 0.15) is 16.7 Å². The number of halogens is 1. The summed E-state index contributed by atoms with van der Waals surface area (Å²) in [7, 11) is 1.42. The van der Waals surface area contributed by atoms with Crippen molar-refractivity contribution in [1.29, 1.82) is 0 Å². The maximum atomic E-state index is 12.3. The summed E-state index contributed by atoms with van der Waals surface area (Å²) in [6.07, 6.45) is 2.90. The van der Waals surface area contributed by atoms with E-state index in [9.17, 15) is 4.79 Å². The fourth-order valence-corrected chi connectivity index (χ4v) is 4.60. The molecule has 0 spiro atoms. The van der Waals surface area contributed by atoms with Crippen LogP contribution in [0.15, 0.2) is 48.7 Å². The Kier molecular flexibility index (Phi) is 4.59. The molecule has 0 saturated carbocycles. The second-order valence-corrected chi connectivity index (χ2v) is 8.01. The summed E-state index contributed by atoms with van der Waals surface area (Å²) in [6, 6.07) is 14.0. The van der Waals surface area contributed by atoms with Gasteiger partial charge in [-0.05, 0) is 70.3 Å². The first-order valence-corrected chi connectivity index (χ1v) is 10.3. The standard InChI is InChI=1S/C25H20ClNO3/c1-14-11-16-12-17(26)3-4-18(16)24(20(14)13-22(28)29-2)19-5-6-21-23-15(8-10-30-21)7-9-27-25(19)23/h3-7,9,11-12H,8,10,13H2,1-2H3. The van der Waals surface area contributed by atoms with Gasteiger partial charge < -0.3 is 9.47 Å². The Morgan fingerprint density at radius 3 is 2.90 bits per heavy atom. The topological polar surface area (TPSA) is 48.4 Å². The van der Waals surface area contributed by atoms with Crippen LogP contribution in [0.4, 0.5) is 0 Å². The molecule has 5 heteroatoms. The minimum Gasteiger partial charge on any atom is -0.493 e. The highest BCUT2D eigenvalue weighted by Crippen LogP contribution is 2.42. The summed E-state index contributed by atoms with van der Waals surface area (Å²) >= 11 is 6.28. The molecule has 0 radical (unpaired) electrons. The van der Waals surface area contributed by atoms with Crippen molar-refractivity contribution in [2.75, 3.05) is 13.7 Å². The first kappa shape index (κ1) is 18.9. The minimum absolute atomic E-state index is 0.190. The molecule has 1 aliphatic rings. The van der Waals surface area contributed by atoms with E-state index in [1.54, 1.807) is 0 Å². The van der Waals surface area contributed by atoms with Gasteiger partial charge in [0.2, 0.25) is 0 Å². The second kappa shape index (κ2) is 7.29. The van der Waals surface area contributed by atoms with Gasteiger partial charge in [0, 0.05) is 28.6 Å². The lowest BCUT2D eigenvalue weighted by Crippen LogP contribution is -2.10. The molecule has 1 aliphatic heterocycles. The van der Waals surface area contributed by atoms with E-state index in [-0.39, 0.29) is 12.4 Å². The third kappa shape index (κ3) is 2.99. The molecule has 30 heavy (non-hydrogen) atoms. The molecule has 150 valence electrons. The molecule has 0 bridgehead atoms. The summed E-state index contributed by atoms with van der Waals surface area (Å²) in [4.78, 5) is 17.0. The molecule has 3 aromatic carbocycles. The van der Waals surface area contributed by atoms with Crippen LogP contribution in [0, 0.1) is 6.92 Å². The first-order valence-electron chi connectivity index (χ1n) is 9.89. The van der Waals surface area contributed by atoms with Crippen LogP contribution in [0.3, 0.4) is 0 Å². The fraction of sp³-hybridized carbons (Fsp3) is 0.200. The zero-order chi connectivity index (χ0) is 20.8. The predicted octanol–water partition coefficient (Wildman–Crippen LogP) is 5.67. The predicted molar refractivity (Wildman–Crippen MR) is 119 cm³/mol. The van der Waals surface area contributed by atoms with Crippen LogP contribution in [0.5, 0.6) is 5.75 Å². The average Bonchev–Trinajstić information content (AvgIpc) is 2.75. The lowest BCUT2D eigenvalue weighted by molar-refractivity contribution is -0.139. The molecule has 0 atom stereocenters. The number of pyridine rings is 1. The van der Waals surface area contributed by atoms with Gasteiger partial charge >= 0.3 is 5.97 Å². The number of methoxy groups -OCH3 is 1. The molecular formula is C25H20ClNO3. The Balaban J connectivity index is 1.90. The Morgan fingerprint density at radius 2 is 2.07 bits per heavy atom. The zero-order valence-corrected chi connectivity index (χ0v) is 17.5. The van der Waals surface area contributed by atoms with Gasteiger partial charge in [-0.3, -0.25) is 9.78 Å². The van der Waals surface area contributed by atoms with Gasteiger partial charge in [0.1, 0.15) is 5.75 Å². The van der Waals surface area contributed by atoms with Crippen molar-refractivity contribution in [3.05, 3.63) is 70.4 Å². The van der Waals surface area contributed by atoms with Gasteiger partial charge in [0.25, 0.3) is 0 Å². The Labute approximate surface area is 179 Å². The molecule has 0 unspecified atom stereocenters. The van der Waals surface area contributed by atoms with Crippen molar-refractivity contribution in [2.45, 2.75) is 19.8 Å².